The van der Waals surface area contributed by atoms with Crippen LogP contribution in [-0.4, -0.2) is 6.10 Å². The summed E-state index contributed by atoms with van der Waals surface area (Å²) in [5.41, 5.74) is 3.25. The lowest BCUT2D eigenvalue weighted by molar-refractivity contribution is 0.165. The average Bonchev–Trinajstić information content (AvgIpc) is 2.75. The van der Waals surface area contributed by atoms with E-state index in [1.54, 1.807) is 0 Å². The number of rotatable bonds is 3. The molecule has 0 unspecified atom stereocenters. The van der Waals surface area contributed by atoms with Gasteiger partial charge in [-0.1, -0.05) is 72.8 Å². The van der Waals surface area contributed by atoms with Crippen LogP contribution in [0, 0.1) is 0 Å². The molecule has 0 saturated carbocycles. The fraction of sp³-hybridized carbons (Fsp3) is 0.160. The fourth-order valence-electron chi connectivity index (χ4n) is 4.15. The van der Waals surface area contributed by atoms with E-state index in [2.05, 4.69) is 24.3 Å². The highest BCUT2D eigenvalue weighted by Crippen LogP contribution is 2.42. The Bertz CT molecular complexity index is 1160. The van der Waals surface area contributed by atoms with E-state index in [-0.39, 0.29) is 17.6 Å². The summed E-state index contributed by atoms with van der Waals surface area (Å²) in [4.78, 5) is 12.9. The molecule has 3 heteroatoms. The first kappa shape index (κ1) is 16.8. The molecule has 1 aromatic heterocycles. The molecule has 1 aliphatic heterocycles. The molecule has 0 radical (unpaired) electrons. The monoisotopic (exact) mass is 368 g/mol. The number of fused-ring (bicyclic) bond motifs is 3. The van der Waals surface area contributed by atoms with Crippen molar-refractivity contribution < 1.29 is 9.15 Å². The SMILES string of the molecule is O=c1oc2ccccc2c2c1[C@@H](c1ccccc1)C[C@@H](Cc1ccccc1)O2. The van der Waals surface area contributed by atoms with E-state index < -0.39 is 0 Å². The number of para-hydroxylation sites is 1. The summed E-state index contributed by atoms with van der Waals surface area (Å²) in [7, 11) is 0. The Labute approximate surface area is 163 Å². The van der Waals surface area contributed by atoms with Crippen molar-refractivity contribution in [1.29, 1.82) is 0 Å². The Kier molecular flexibility index (Phi) is 4.21. The molecule has 138 valence electrons. The van der Waals surface area contributed by atoms with Gasteiger partial charge in [-0.2, -0.15) is 0 Å². The van der Waals surface area contributed by atoms with Crippen LogP contribution in [0.5, 0.6) is 5.75 Å². The van der Waals surface area contributed by atoms with Crippen molar-refractivity contribution in [2.45, 2.75) is 24.9 Å². The molecular formula is C25H20O3. The molecule has 0 fully saturated rings. The Hall–Kier alpha value is -3.33. The summed E-state index contributed by atoms with van der Waals surface area (Å²) in [6.07, 6.45) is 1.54. The molecule has 0 spiro atoms. The van der Waals surface area contributed by atoms with Gasteiger partial charge in [-0.25, -0.2) is 4.79 Å². The van der Waals surface area contributed by atoms with Crippen LogP contribution in [0.4, 0.5) is 0 Å². The molecule has 0 saturated heterocycles. The highest BCUT2D eigenvalue weighted by molar-refractivity contribution is 5.85. The van der Waals surface area contributed by atoms with Crippen molar-refractivity contribution in [1.82, 2.24) is 0 Å². The topological polar surface area (TPSA) is 39.4 Å². The first-order chi connectivity index (χ1) is 13.8. The van der Waals surface area contributed by atoms with Crippen LogP contribution in [0.3, 0.4) is 0 Å². The molecule has 1 aliphatic rings. The molecule has 4 aromatic rings. The van der Waals surface area contributed by atoms with Crippen molar-refractivity contribution in [3.8, 4) is 5.75 Å². The van der Waals surface area contributed by atoms with E-state index in [0.717, 1.165) is 23.8 Å². The summed E-state index contributed by atoms with van der Waals surface area (Å²) >= 11 is 0. The minimum absolute atomic E-state index is 0.00897. The molecule has 0 amide bonds. The van der Waals surface area contributed by atoms with Gasteiger partial charge in [0.2, 0.25) is 0 Å². The van der Waals surface area contributed by atoms with Gasteiger partial charge in [-0.3, -0.25) is 0 Å². The Morgan fingerprint density at radius 1 is 0.821 bits per heavy atom. The molecule has 0 aliphatic carbocycles. The second-order valence-corrected chi connectivity index (χ2v) is 7.26. The molecule has 28 heavy (non-hydrogen) atoms. The van der Waals surface area contributed by atoms with Crippen molar-refractivity contribution in [2.75, 3.05) is 0 Å². The predicted molar refractivity (Wildman–Crippen MR) is 110 cm³/mol. The molecular weight excluding hydrogens is 348 g/mol. The van der Waals surface area contributed by atoms with E-state index in [4.69, 9.17) is 9.15 Å². The highest BCUT2D eigenvalue weighted by atomic mass is 16.5. The number of benzene rings is 3. The Morgan fingerprint density at radius 2 is 1.50 bits per heavy atom. The van der Waals surface area contributed by atoms with Gasteiger partial charge < -0.3 is 9.15 Å². The molecule has 5 rings (SSSR count). The van der Waals surface area contributed by atoms with Gasteiger partial charge in [0.05, 0.1) is 10.9 Å². The van der Waals surface area contributed by atoms with E-state index in [0.29, 0.717) is 16.9 Å². The lowest BCUT2D eigenvalue weighted by Gasteiger charge is -2.32. The minimum atomic E-state index is -0.305. The van der Waals surface area contributed by atoms with E-state index in [1.807, 2.05) is 60.7 Å². The van der Waals surface area contributed by atoms with E-state index >= 15 is 0 Å². The van der Waals surface area contributed by atoms with E-state index in [9.17, 15) is 4.79 Å². The van der Waals surface area contributed by atoms with Crippen molar-refractivity contribution in [3.05, 3.63) is 112 Å². The standard InChI is InChI=1S/C25H20O3/c26-25-23-21(18-11-5-2-6-12-18)16-19(15-17-9-3-1-4-10-17)27-24(23)20-13-7-8-14-22(20)28-25/h1-14,19,21H,15-16H2/t19-,21-/m1/s1. The fourth-order valence-corrected chi connectivity index (χ4v) is 4.15. The van der Waals surface area contributed by atoms with Gasteiger partial charge in [0.25, 0.3) is 0 Å². The maximum Gasteiger partial charge on any atom is 0.343 e. The molecule has 0 N–H and O–H groups in total. The average molecular weight is 368 g/mol. The van der Waals surface area contributed by atoms with Crippen LogP contribution < -0.4 is 10.4 Å². The quantitative estimate of drug-likeness (QED) is 0.460. The zero-order valence-electron chi connectivity index (χ0n) is 15.4. The summed E-state index contributed by atoms with van der Waals surface area (Å²) < 4.78 is 12.1. The lowest BCUT2D eigenvalue weighted by atomic mass is 9.83. The third-order valence-corrected chi connectivity index (χ3v) is 5.44. The third-order valence-electron chi connectivity index (χ3n) is 5.44. The van der Waals surface area contributed by atoms with Gasteiger partial charge in [-0.05, 0) is 29.7 Å². The van der Waals surface area contributed by atoms with Gasteiger partial charge in [0.1, 0.15) is 17.4 Å². The van der Waals surface area contributed by atoms with Crippen LogP contribution in [0.1, 0.15) is 29.0 Å². The lowest BCUT2D eigenvalue weighted by Crippen LogP contribution is -2.31. The summed E-state index contributed by atoms with van der Waals surface area (Å²) in [5.74, 6) is 0.632. The molecule has 3 nitrogen and oxygen atoms in total. The van der Waals surface area contributed by atoms with Crippen LogP contribution >= 0.6 is 0 Å². The second-order valence-electron chi connectivity index (χ2n) is 7.26. The maximum absolute atomic E-state index is 12.9. The number of hydrogen-bond acceptors (Lipinski definition) is 3. The zero-order valence-corrected chi connectivity index (χ0v) is 15.4. The largest absolute Gasteiger partial charge is 0.489 e. The van der Waals surface area contributed by atoms with Crippen LogP contribution in [-0.2, 0) is 6.42 Å². The normalized spacial score (nSPS) is 18.4. The number of ether oxygens (including phenoxy) is 1. The van der Waals surface area contributed by atoms with Gasteiger partial charge in [0, 0.05) is 12.3 Å². The van der Waals surface area contributed by atoms with Crippen molar-refractivity contribution in [3.63, 3.8) is 0 Å². The predicted octanol–water partition coefficient (Wildman–Crippen LogP) is 5.32. The number of hydrogen-bond donors (Lipinski definition) is 0. The summed E-state index contributed by atoms with van der Waals surface area (Å²) in [6, 6.07) is 28.1. The van der Waals surface area contributed by atoms with Gasteiger partial charge in [0.15, 0.2) is 0 Å². The van der Waals surface area contributed by atoms with Crippen LogP contribution in [0.2, 0.25) is 0 Å². The van der Waals surface area contributed by atoms with Crippen molar-refractivity contribution in [2.24, 2.45) is 0 Å². The van der Waals surface area contributed by atoms with E-state index in [1.165, 1.54) is 5.56 Å². The van der Waals surface area contributed by atoms with Gasteiger partial charge in [-0.15, -0.1) is 0 Å². The summed E-state index contributed by atoms with van der Waals surface area (Å²) in [6.45, 7) is 0. The second kappa shape index (κ2) is 7.01. The maximum atomic E-state index is 12.9. The Morgan fingerprint density at radius 3 is 2.29 bits per heavy atom. The minimum Gasteiger partial charge on any atom is -0.489 e. The van der Waals surface area contributed by atoms with Crippen LogP contribution in [0.25, 0.3) is 11.0 Å². The molecule has 0 bridgehead atoms. The first-order valence-corrected chi connectivity index (χ1v) is 9.61. The zero-order chi connectivity index (χ0) is 18.9. The molecule has 3 aromatic carbocycles. The molecule has 2 atom stereocenters. The highest BCUT2D eigenvalue weighted by Gasteiger charge is 2.34. The smallest absolute Gasteiger partial charge is 0.343 e. The van der Waals surface area contributed by atoms with Gasteiger partial charge >= 0.3 is 5.63 Å². The van der Waals surface area contributed by atoms with Crippen molar-refractivity contribution >= 4 is 11.0 Å². The third kappa shape index (κ3) is 2.99. The van der Waals surface area contributed by atoms with Crippen LogP contribution in [0.15, 0.2) is 94.1 Å². The first-order valence-electron chi connectivity index (χ1n) is 9.61. The Balaban J connectivity index is 1.66. The molecule has 2 heterocycles. The summed E-state index contributed by atoms with van der Waals surface area (Å²) in [5, 5.41) is 0.857.